The number of halogens is 4. The van der Waals surface area contributed by atoms with Gasteiger partial charge in [0.2, 0.25) is 5.91 Å². The van der Waals surface area contributed by atoms with Gasteiger partial charge in [-0.15, -0.1) is 24.0 Å². The van der Waals surface area contributed by atoms with Crippen molar-refractivity contribution < 1.29 is 22.7 Å². The molecule has 0 aliphatic carbocycles. The molecule has 2 N–H and O–H groups in total. The van der Waals surface area contributed by atoms with Crippen LogP contribution >= 0.6 is 24.0 Å². The smallest absolute Gasteiger partial charge is 0.406 e. The lowest BCUT2D eigenvalue weighted by molar-refractivity contribution is -0.157. The van der Waals surface area contributed by atoms with Gasteiger partial charge in [-0.25, -0.2) is 0 Å². The standard InChI is InChI=1S/C17H25F3N4O2.HI/c1-12-5-6-13(9-14(12)26-4)7-8-22-16(21-2)23-10-15(25)24(3)11-17(18,19)20;/h5-6,9H,7-8,10-11H2,1-4H3,(H2,21,22,23);1H. The quantitative estimate of drug-likeness (QED) is 0.342. The van der Waals surface area contributed by atoms with Gasteiger partial charge >= 0.3 is 6.18 Å². The molecule has 0 fully saturated rings. The Morgan fingerprint density at radius 3 is 2.52 bits per heavy atom. The zero-order valence-electron chi connectivity index (χ0n) is 15.8. The molecular weight excluding hydrogens is 476 g/mol. The number of aryl methyl sites for hydroxylation is 1. The Balaban J connectivity index is 0.00000676. The summed E-state index contributed by atoms with van der Waals surface area (Å²) in [5, 5.41) is 5.73. The number of nitrogens with one attached hydrogen (secondary N) is 2. The summed E-state index contributed by atoms with van der Waals surface area (Å²) in [7, 11) is 4.25. The Bertz CT molecular complexity index is 639. The number of methoxy groups -OCH3 is 1. The van der Waals surface area contributed by atoms with E-state index in [4.69, 9.17) is 4.74 Å². The van der Waals surface area contributed by atoms with Gasteiger partial charge in [-0.1, -0.05) is 12.1 Å². The SMILES string of the molecule is CN=C(NCCc1ccc(C)c(OC)c1)NCC(=O)N(C)CC(F)(F)F.I. The number of hydrogen-bond donors (Lipinski definition) is 2. The summed E-state index contributed by atoms with van der Waals surface area (Å²) in [6, 6.07) is 5.91. The number of ether oxygens (including phenoxy) is 1. The van der Waals surface area contributed by atoms with E-state index in [2.05, 4.69) is 15.6 Å². The molecule has 154 valence electrons. The van der Waals surface area contributed by atoms with E-state index in [1.165, 1.54) is 7.05 Å². The first-order valence-electron chi connectivity index (χ1n) is 8.05. The molecule has 0 saturated carbocycles. The summed E-state index contributed by atoms with van der Waals surface area (Å²) in [5.41, 5.74) is 2.11. The van der Waals surface area contributed by atoms with Crippen LogP contribution in [-0.2, 0) is 11.2 Å². The summed E-state index contributed by atoms with van der Waals surface area (Å²) < 4.78 is 42.1. The number of benzene rings is 1. The number of aliphatic imine (C=N–C) groups is 1. The van der Waals surface area contributed by atoms with Crippen molar-refractivity contribution in [2.24, 2.45) is 4.99 Å². The Labute approximate surface area is 174 Å². The topological polar surface area (TPSA) is 66.0 Å². The first-order valence-corrected chi connectivity index (χ1v) is 8.05. The van der Waals surface area contributed by atoms with Gasteiger partial charge in [0.05, 0.1) is 13.7 Å². The van der Waals surface area contributed by atoms with Crippen molar-refractivity contribution in [2.75, 3.05) is 40.8 Å². The number of nitrogens with zero attached hydrogens (tertiary/aromatic N) is 2. The minimum absolute atomic E-state index is 0. The molecule has 10 heteroatoms. The predicted octanol–water partition coefficient (Wildman–Crippen LogP) is 2.35. The molecule has 0 spiro atoms. The maximum Gasteiger partial charge on any atom is 0.406 e. The van der Waals surface area contributed by atoms with Gasteiger partial charge in [-0.2, -0.15) is 13.2 Å². The summed E-state index contributed by atoms with van der Waals surface area (Å²) in [6.45, 7) is 0.942. The molecule has 27 heavy (non-hydrogen) atoms. The van der Waals surface area contributed by atoms with Gasteiger partial charge < -0.3 is 20.3 Å². The van der Waals surface area contributed by atoms with Gasteiger partial charge in [0.1, 0.15) is 12.3 Å². The molecule has 6 nitrogen and oxygen atoms in total. The van der Waals surface area contributed by atoms with E-state index in [0.29, 0.717) is 23.8 Å². The number of carbonyl (C=O) groups excluding carboxylic acids is 1. The second kappa shape index (κ2) is 11.9. The maximum atomic E-state index is 12.3. The van der Waals surface area contributed by atoms with E-state index in [0.717, 1.165) is 23.9 Å². The van der Waals surface area contributed by atoms with Crippen LogP contribution in [0.3, 0.4) is 0 Å². The third-order valence-corrected chi connectivity index (χ3v) is 3.65. The highest BCUT2D eigenvalue weighted by Gasteiger charge is 2.31. The summed E-state index contributed by atoms with van der Waals surface area (Å²) in [5.74, 6) is 0.481. The minimum Gasteiger partial charge on any atom is -0.496 e. The molecule has 0 unspecified atom stereocenters. The lowest BCUT2D eigenvalue weighted by Crippen LogP contribution is -2.45. The molecule has 0 aromatic heterocycles. The highest BCUT2D eigenvalue weighted by Crippen LogP contribution is 2.19. The number of rotatable bonds is 7. The Hall–Kier alpha value is -1.72. The van der Waals surface area contributed by atoms with Crippen LogP contribution in [0, 0.1) is 6.92 Å². The number of guanidine groups is 1. The zero-order chi connectivity index (χ0) is 19.7. The van der Waals surface area contributed by atoms with Crippen molar-refractivity contribution in [3.8, 4) is 5.75 Å². The van der Waals surface area contributed by atoms with E-state index < -0.39 is 18.6 Å². The average molecular weight is 502 g/mol. The first-order chi connectivity index (χ1) is 12.2. The molecule has 0 heterocycles. The van der Waals surface area contributed by atoms with E-state index in [1.807, 2.05) is 25.1 Å². The predicted molar refractivity (Wildman–Crippen MR) is 110 cm³/mol. The van der Waals surface area contributed by atoms with Crippen LogP contribution in [0.4, 0.5) is 13.2 Å². The minimum atomic E-state index is -4.42. The fraction of sp³-hybridized carbons (Fsp3) is 0.529. The van der Waals surface area contributed by atoms with Crippen molar-refractivity contribution in [3.63, 3.8) is 0 Å². The Morgan fingerprint density at radius 1 is 1.30 bits per heavy atom. The van der Waals surface area contributed by atoms with Gasteiger partial charge in [0.15, 0.2) is 5.96 Å². The van der Waals surface area contributed by atoms with Crippen molar-refractivity contribution in [1.82, 2.24) is 15.5 Å². The van der Waals surface area contributed by atoms with Crippen LogP contribution in [0.15, 0.2) is 23.2 Å². The summed E-state index contributed by atoms with van der Waals surface area (Å²) >= 11 is 0. The maximum absolute atomic E-state index is 12.3. The fourth-order valence-electron chi connectivity index (χ4n) is 2.22. The lowest BCUT2D eigenvalue weighted by Gasteiger charge is -2.20. The van der Waals surface area contributed by atoms with Crippen LogP contribution in [0.25, 0.3) is 0 Å². The van der Waals surface area contributed by atoms with Crippen molar-refractivity contribution in [3.05, 3.63) is 29.3 Å². The average Bonchev–Trinajstić information content (AvgIpc) is 2.57. The Kier molecular flexibility index (Phi) is 11.1. The van der Waals surface area contributed by atoms with Crippen LogP contribution in [0.2, 0.25) is 0 Å². The highest BCUT2D eigenvalue weighted by atomic mass is 127. The fourth-order valence-corrected chi connectivity index (χ4v) is 2.22. The van der Waals surface area contributed by atoms with E-state index in [1.54, 1.807) is 7.11 Å². The molecule has 0 aliphatic rings. The van der Waals surface area contributed by atoms with Crippen LogP contribution in [0.5, 0.6) is 5.75 Å². The van der Waals surface area contributed by atoms with Crippen LogP contribution in [0.1, 0.15) is 11.1 Å². The molecule has 0 atom stereocenters. The van der Waals surface area contributed by atoms with Gasteiger partial charge in [0, 0.05) is 20.6 Å². The molecule has 1 amide bonds. The molecule has 0 saturated heterocycles. The second-order valence-electron chi connectivity index (χ2n) is 5.77. The van der Waals surface area contributed by atoms with Gasteiger partial charge in [-0.05, 0) is 30.5 Å². The molecule has 1 aromatic rings. The number of carbonyl (C=O) groups is 1. The summed E-state index contributed by atoms with van der Waals surface area (Å²) in [6.07, 6.45) is -3.72. The van der Waals surface area contributed by atoms with Crippen molar-refractivity contribution >= 4 is 35.8 Å². The summed E-state index contributed by atoms with van der Waals surface area (Å²) in [4.78, 5) is 16.3. The zero-order valence-corrected chi connectivity index (χ0v) is 18.1. The number of alkyl halides is 3. The largest absolute Gasteiger partial charge is 0.496 e. The number of likely N-dealkylation sites (N-methyl/N-ethyl adjacent to an activating group) is 1. The van der Waals surface area contributed by atoms with Crippen LogP contribution < -0.4 is 15.4 Å². The molecule has 1 aromatic carbocycles. The van der Waals surface area contributed by atoms with Gasteiger partial charge in [-0.3, -0.25) is 9.79 Å². The molecule has 0 aliphatic heterocycles. The molecule has 1 rings (SSSR count). The van der Waals surface area contributed by atoms with Gasteiger partial charge in [0.25, 0.3) is 0 Å². The Morgan fingerprint density at radius 2 is 1.96 bits per heavy atom. The van der Waals surface area contributed by atoms with Crippen molar-refractivity contribution in [1.29, 1.82) is 0 Å². The first kappa shape index (κ1) is 25.3. The highest BCUT2D eigenvalue weighted by molar-refractivity contribution is 14.0. The monoisotopic (exact) mass is 502 g/mol. The number of amides is 1. The normalized spacial score (nSPS) is 11.4. The number of hydrogen-bond acceptors (Lipinski definition) is 3. The van der Waals surface area contributed by atoms with E-state index in [-0.39, 0.29) is 30.5 Å². The second-order valence-corrected chi connectivity index (χ2v) is 5.77. The molecular formula is C17H26F3IN4O2. The third kappa shape index (κ3) is 9.68. The van der Waals surface area contributed by atoms with E-state index in [9.17, 15) is 18.0 Å². The molecule has 0 radical (unpaired) electrons. The van der Waals surface area contributed by atoms with Crippen LogP contribution in [-0.4, -0.2) is 63.8 Å². The van der Waals surface area contributed by atoms with E-state index >= 15 is 0 Å². The molecule has 0 bridgehead atoms. The van der Waals surface area contributed by atoms with Crippen molar-refractivity contribution in [2.45, 2.75) is 19.5 Å². The third-order valence-electron chi connectivity index (χ3n) is 3.65. The lowest BCUT2D eigenvalue weighted by atomic mass is 10.1.